The van der Waals surface area contributed by atoms with E-state index in [2.05, 4.69) is 18.2 Å². The lowest BCUT2D eigenvalue weighted by Crippen LogP contribution is -2.29. The molecule has 0 unspecified atom stereocenters. The summed E-state index contributed by atoms with van der Waals surface area (Å²) in [6.45, 7) is 0. The van der Waals surface area contributed by atoms with E-state index in [4.69, 9.17) is 0 Å². The molecule has 0 heterocycles. The van der Waals surface area contributed by atoms with Crippen molar-refractivity contribution in [3.05, 3.63) is 46.8 Å². The van der Waals surface area contributed by atoms with Crippen molar-refractivity contribution in [1.29, 1.82) is 0 Å². The number of benzene rings is 2. The molecule has 1 aliphatic rings. The zero-order valence-electron chi connectivity index (χ0n) is 8.23. The Morgan fingerprint density at radius 2 is 1.87 bits per heavy atom. The van der Waals surface area contributed by atoms with E-state index in [0.717, 1.165) is 5.22 Å². The van der Waals surface area contributed by atoms with Gasteiger partial charge in [-0.25, -0.2) is 0 Å². The number of Topliss-reactive ketones (excluding diaryl/α,β-unsaturated/α-hetero) is 1. The predicted molar refractivity (Wildman–Crippen MR) is 61.8 cm³/mol. The van der Waals surface area contributed by atoms with E-state index in [1.54, 1.807) is 6.08 Å². The van der Waals surface area contributed by atoms with E-state index in [-0.39, 0.29) is 5.78 Å². The van der Waals surface area contributed by atoms with Gasteiger partial charge in [-0.1, -0.05) is 42.5 Å². The molecule has 0 saturated heterocycles. The van der Waals surface area contributed by atoms with Crippen LogP contribution in [0.4, 0.5) is 0 Å². The van der Waals surface area contributed by atoms with Crippen LogP contribution in [0.3, 0.4) is 0 Å². The summed E-state index contributed by atoms with van der Waals surface area (Å²) in [6.07, 6.45) is 4.29. The van der Waals surface area contributed by atoms with Crippen molar-refractivity contribution in [1.82, 2.24) is 0 Å². The third-order valence-electron chi connectivity index (χ3n) is 2.83. The van der Waals surface area contributed by atoms with Gasteiger partial charge in [-0.3, -0.25) is 4.79 Å². The minimum Gasteiger partial charge on any atom is -0.294 e. The molecular weight excluding hydrogens is 184 g/mol. The van der Waals surface area contributed by atoms with Crippen LogP contribution in [0.15, 0.2) is 36.4 Å². The number of hydrogen-bond acceptors (Lipinski definition) is 1. The van der Waals surface area contributed by atoms with Crippen LogP contribution < -0.4 is 10.4 Å². The number of rotatable bonds is 0. The molecule has 1 heteroatoms. The van der Waals surface area contributed by atoms with Gasteiger partial charge in [0, 0.05) is 6.42 Å². The van der Waals surface area contributed by atoms with Crippen LogP contribution in [0.25, 0.3) is 22.9 Å². The van der Waals surface area contributed by atoms with Gasteiger partial charge in [0.2, 0.25) is 0 Å². The lowest BCUT2D eigenvalue weighted by Gasteiger charge is -2.03. The van der Waals surface area contributed by atoms with E-state index < -0.39 is 0 Å². The third kappa shape index (κ3) is 1.28. The average Bonchev–Trinajstić information content (AvgIpc) is 2.28. The second-order valence-corrected chi connectivity index (χ2v) is 3.81. The van der Waals surface area contributed by atoms with Crippen molar-refractivity contribution in [3.63, 3.8) is 0 Å². The Balaban J connectivity index is 2.56. The summed E-state index contributed by atoms with van der Waals surface area (Å²) in [4.78, 5) is 11.3. The van der Waals surface area contributed by atoms with E-state index in [9.17, 15) is 4.79 Å². The van der Waals surface area contributed by atoms with Crippen LogP contribution in [0, 0.1) is 0 Å². The Kier molecular flexibility index (Phi) is 1.72. The standard InChI is InChI=1S/C14H10O/c15-12-7-8-14-11(9-12)6-5-10-3-1-2-4-13(10)14/h1-6,8-9H,7H2. The molecule has 2 aromatic rings. The maximum Gasteiger partial charge on any atom is 0.160 e. The van der Waals surface area contributed by atoms with Gasteiger partial charge in [0.05, 0.1) is 0 Å². The first-order chi connectivity index (χ1) is 7.34. The third-order valence-corrected chi connectivity index (χ3v) is 2.83. The second kappa shape index (κ2) is 3.06. The summed E-state index contributed by atoms with van der Waals surface area (Å²) >= 11 is 0. The molecule has 0 N–H and O–H groups in total. The first-order valence-electron chi connectivity index (χ1n) is 5.07. The van der Waals surface area contributed by atoms with Crippen LogP contribution in [-0.4, -0.2) is 5.78 Å². The molecule has 1 aliphatic carbocycles. The van der Waals surface area contributed by atoms with E-state index >= 15 is 0 Å². The number of carbonyl (C=O) groups is 1. The van der Waals surface area contributed by atoms with Crippen LogP contribution in [0.1, 0.15) is 6.42 Å². The van der Waals surface area contributed by atoms with Crippen molar-refractivity contribution in [2.45, 2.75) is 6.42 Å². The summed E-state index contributed by atoms with van der Waals surface area (Å²) in [6, 6.07) is 12.4. The number of ketones is 1. The van der Waals surface area contributed by atoms with Gasteiger partial charge in [-0.05, 0) is 27.3 Å². The van der Waals surface area contributed by atoms with Crippen LogP contribution in [0.5, 0.6) is 0 Å². The van der Waals surface area contributed by atoms with Gasteiger partial charge in [0.1, 0.15) is 0 Å². The first kappa shape index (κ1) is 8.42. The summed E-state index contributed by atoms with van der Waals surface area (Å²) in [5, 5.41) is 4.71. The first-order valence-corrected chi connectivity index (χ1v) is 5.07. The van der Waals surface area contributed by atoms with Gasteiger partial charge in [0.25, 0.3) is 0 Å². The Morgan fingerprint density at radius 3 is 2.80 bits per heavy atom. The Hall–Kier alpha value is -1.89. The van der Waals surface area contributed by atoms with Gasteiger partial charge in [-0.2, -0.15) is 0 Å². The molecule has 0 aromatic heterocycles. The van der Waals surface area contributed by atoms with Crippen molar-refractivity contribution in [3.8, 4) is 0 Å². The molecule has 0 amide bonds. The molecule has 0 bridgehead atoms. The topological polar surface area (TPSA) is 17.1 Å². The largest absolute Gasteiger partial charge is 0.294 e. The second-order valence-electron chi connectivity index (χ2n) is 3.81. The molecule has 0 radical (unpaired) electrons. The van der Waals surface area contributed by atoms with Crippen LogP contribution >= 0.6 is 0 Å². The molecule has 2 aromatic carbocycles. The number of hydrogen-bond donors (Lipinski definition) is 0. The highest BCUT2D eigenvalue weighted by Crippen LogP contribution is 2.07. The fourth-order valence-electron chi connectivity index (χ4n) is 2.10. The van der Waals surface area contributed by atoms with Crippen molar-refractivity contribution >= 4 is 28.7 Å². The zero-order chi connectivity index (χ0) is 10.3. The predicted octanol–water partition coefficient (Wildman–Crippen LogP) is 1.37. The fourth-order valence-corrected chi connectivity index (χ4v) is 2.10. The Labute approximate surface area is 87.3 Å². The molecule has 0 saturated carbocycles. The SMILES string of the molecule is O=C1C=c2ccc3ccccc3c2=CC1. The Morgan fingerprint density at radius 1 is 1.00 bits per heavy atom. The van der Waals surface area contributed by atoms with Gasteiger partial charge < -0.3 is 0 Å². The molecule has 72 valence electrons. The highest BCUT2D eigenvalue weighted by atomic mass is 16.1. The van der Waals surface area contributed by atoms with E-state index in [1.165, 1.54) is 16.0 Å². The van der Waals surface area contributed by atoms with Crippen molar-refractivity contribution in [2.24, 2.45) is 0 Å². The number of carbonyl (C=O) groups excluding carboxylic acids is 1. The lowest BCUT2D eigenvalue weighted by atomic mass is 10.0. The smallest absolute Gasteiger partial charge is 0.160 e. The quantitative estimate of drug-likeness (QED) is 0.619. The van der Waals surface area contributed by atoms with Gasteiger partial charge in [-0.15, -0.1) is 0 Å². The molecule has 0 atom stereocenters. The van der Waals surface area contributed by atoms with Crippen LogP contribution in [-0.2, 0) is 4.79 Å². The van der Waals surface area contributed by atoms with Crippen molar-refractivity contribution < 1.29 is 4.79 Å². The average molecular weight is 194 g/mol. The minimum atomic E-state index is 0.192. The van der Waals surface area contributed by atoms with E-state index in [1.807, 2.05) is 24.3 Å². The monoisotopic (exact) mass is 194 g/mol. The van der Waals surface area contributed by atoms with Crippen LogP contribution in [0.2, 0.25) is 0 Å². The lowest BCUT2D eigenvalue weighted by molar-refractivity contribution is -0.112. The molecule has 0 spiro atoms. The maximum atomic E-state index is 11.3. The normalized spacial score (nSPS) is 14.3. The van der Waals surface area contributed by atoms with Gasteiger partial charge in [0.15, 0.2) is 5.78 Å². The fraction of sp³-hybridized carbons (Fsp3) is 0.0714. The summed E-state index contributed by atoms with van der Waals surface area (Å²) in [7, 11) is 0. The molecule has 0 aliphatic heterocycles. The highest BCUT2D eigenvalue weighted by molar-refractivity contribution is 6.10. The minimum absolute atomic E-state index is 0.192. The maximum absolute atomic E-state index is 11.3. The molecular formula is C14H10O. The number of fused-ring (bicyclic) bond motifs is 3. The highest BCUT2D eigenvalue weighted by Gasteiger charge is 2.03. The molecule has 0 fully saturated rings. The zero-order valence-corrected chi connectivity index (χ0v) is 8.23. The van der Waals surface area contributed by atoms with E-state index in [0.29, 0.717) is 6.42 Å². The van der Waals surface area contributed by atoms with Gasteiger partial charge >= 0.3 is 0 Å². The summed E-state index contributed by atoms with van der Waals surface area (Å²) in [5.41, 5.74) is 0. The Bertz CT molecular complexity index is 665. The molecule has 1 nitrogen and oxygen atoms in total. The summed E-state index contributed by atoms with van der Waals surface area (Å²) in [5.74, 6) is 0.192. The molecule has 3 rings (SSSR count). The van der Waals surface area contributed by atoms with Crippen molar-refractivity contribution in [2.75, 3.05) is 0 Å². The molecule has 15 heavy (non-hydrogen) atoms. The summed E-state index contributed by atoms with van der Waals surface area (Å²) < 4.78 is 0.